The van der Waals surface area contributed by atoms with Crippen LogP contribution in [0.1, 0.15) is 17.7 Å². The number of nitrogen functional groups attached to an aromatic ring is 1. The van der Waals surface area contributed by atoms with E-state index >= 15 is 0 Å². The minimum Gasteiger partial charge on any atom is -0.368 e. The molecule has 3 N–H and O–H groups in total. The fourth-order valence-corrected chi connectivity index (χ4v) is 2.56. The van der Waals surface area contributed by atoms with Crippen molar-refractivity contribution in [1.82, 2.24) is 15.2 Å². The van der Waals surface area contributed by atoms with E-state index in [1.807, 2.05) is 12.1 Å². The standard InChI is InChI=1S/C10H11BrN4S/c1-6(7-3-2-4-8(11)5-7)16-10-13-9(12)14-15-10/h2-6H,1H3,(H3,12,13,14,15). The predicted octanol–water partition coefficient (Wildman–Crippen LogP) is 3.00. The van der Waals surface area contributed by atoms with E-state index in [-0.39, 0.29) is 5.25 Å². The molecule has 0 aliphatic carbocycles. The van der Waals surface area contributed by atoms with Crippen LogP contribution in [0.15, 0.2) is 33.9 Å². The average molecular weight is 299 g/mol. The number of aromatic amines is 1. The van der Waals surface area contributed by atoms with E-state index < -0.39 is 0 Å². The minimum atomic E-state index is 0.285. The molecular weight excluding hydrogens is 288 g/mol. The molecule has 16 heavy (non-hydrogen) atoms. The van der Waals surface area contributed by atoms with E-state index in [1.165, 1.54) is 5.56 Å². The van der Waals surface area contributed by atoms with Crippen LogP contribution < -0.4 is 5.73 Å². The first kappa shape index (κ1) is 11.5. The number of halogens is 1. The molecule has 1 aromatic heterocycles. The number of hydrogen-bond acceptors (Lipinski definition) is 4. The highest BCUT2D eigenvalue weighted by Crippen LogP contribution is 2.33. The van der Waals surface area contributed by atoms with Crippen LogP contribution >= 0.6 is 27.7 Å². The Balaban J connectivity index is 2.11. The van der Waals surface area contributed by atoms with E-state index in [9.17, 15) is 0 Å². The number of nitrogens with zero attached hydrogens (tertiary/aromatic N) is 2. The van der Waals surface area contributed by atoms with E-state index in [0.29, 0.717) is 11.1 Å². The molecule has 0 radical (unpaired) electrons. The Kier molecular flexibility index (Phi) is 3.50. The number of H-pyrrole nitrogens is 1. The van der Waals surface area contributed by atoms with Crippen LogP contribution in [0.5, 0.6) is 0 Å². The number of rotatable bonds is 3. The molecule has 2 rings (SSSR count). The van der Waals surface area contributed by atoms with Crippen LogP contribution in [0.3, 0.4) is 0 Å². The molecule has 0 saturated heterocycles. The van der Waals surface area contributed by atoms with Crippen molar-refractivity contribution in [3.05, 3.63) is 34.3 Å². The van der Waals surface area contributed by atoms with Gasteiger partial charge in [0.05, 0.1) is 0 Å². The maximum absolute atomic E-state index is 5.47. The van der Waals surface area contributed by atoms with Crippen molar-refractivity contribution in [2.45, 2.75) is 17.3 Å². The smallest absolute Gasteiger partial charge is 0.216 e. The van der Waals surface area contributed by atoms with Gasteiger partial charge in [-0.25, -0.2) is 5.10 Å². The van der Waals surface area contributed by atoms with Crippen molar-refractivity contribution >= 4 is 33.6 Å². The molecule has 1 aromatic carbocycles. The number of hydrogen-bond donors (Lipinski definition) is 2. The molecule has 0 saturated carbocycles. The van der Waals surface area contributed by atoms with Gasteiger partial charge < -0.3 is 5.73 Å². The van der Waals surface area contributed by atoms with Gasteiger partial charge in [-0.3, -0.25) is 0 Å². The third kappa shape index (κ3) is 2.76. The first-order valence-corrected chi connectivity index (χ1v) is 6.42. The Morgan fingerprint density at radius 1 is 1.50 bits per heavy atom. The number of nitrogens with two attached hydrogens (primary N) is 1. The van der Waals surface area contributed by atoms with Crippen LogP contribution in [-0.2, 0) is 0 Å². The fraction of sp³-hybridized carbons (Fsp3) is 0.200. The van der Waals surface area contributed by atoms with Crippen molar-refractivity contribution < 1.29 is 0 Å². The normalized spacial score (nSPS) is 12.6. The maximum Gasteiger partial charge on any atom is 0.216 e. The Bertz CT molecular complexity index is 485. The summed E-state index contributed by atoms with van der Waals surface area (Å²) < 4.78 is 1.08. The molecule has 1 heterocycles. The highest BCUT2D eigenvalue weighted by atomic mass is 79.9. The number of nitrogens with one attached hydrogen (secondary N) is 1. The monoisotopic (exact) mass is 298 g/mol. The Morgan fingerprint density at radius 2 is 2.31 bits per heavy atom. The van der Waals surface area contributed by atoms with Crippen LogP contribution in [0.4, 0.5) is 5.95 Å². The molecule has 1 unspecified atom stereocenters. The first-order chi connectivity index (χ1) is 7.65. The van der Waals surface area contributed by atoms with E-state index in [1.54, 1.807) is 11.8 Å². The summed E-state index contributed by atoms with van der Waals surface area (Å²) in [5.41, 5.74) is 6.69. The van der Waals surface area contributed by atoms with E-state index in [2.05, 4.69) is 50.2 Å². The Morgan fingerprint density at radius 3 is 2.94 bits per heavy atom. The lowest BCUT2D eigenvalue weighted by atomic mass is 10.2. The van der Waals surface area contributed by atoms with Gasteiger partial charge in [0, 0.05) is 9.72 Å². The highest BCUT2D eigenvalue weighted by Gasteiger charge is 2.10. The molecule has 0 aliphatic heterocycles. The molecule has 6 heteroatoms. The third-order valence-electron chi connectivity index (χ3n) is 2.08. The van der Waals surface area contributed by atoms with Gasteiger partial charge in [-0.05, 0) is 24.6 Å². The molecule has 0 amide bonds. The summed E-state index contributed by atoms with van der Waals surface area (Å²) in [6.07, 6.45) is 0. The summed E-state index contributed by atoms with van der Waals surface area (Å²) in [4.78, 5) is 4.06. The van der Waals surface area contributed by atoms with E-state index in [0.717, 1.165) is 4.47 Å². The predicted molar refractivity (Wildman–Crippen MR) is 69.2 cm³/mol. The Hall–Kier alpha value is -1.01. The summed E-state index contributed by atoms with van der Waals surface area (Å²) in [6.45, 7) is 2.11. The summed E-state index contributed by atoms with van der Waals surface area (Å²) >= 11 is 5.03. The number of aromatic nitrogens is 3. The van der Waals surface area contributed by atoms with Crippen molar-refractivity contribution in [3.8, 4) is 0 Å². The molecule has 1 atom stereocenters. The van der Waals surface area contributed by atoms with Gasteiger partial charge in [-0.1, -0.05) is 39.8 Å². The van der Waals surface area contributed by atoms with Crippen molar-refractivity contribution in [1.29, 1.82) is 0 Å². The van der Waals surface area contributed by atoms with Crippen molar-refractivity contribution in [2.75, 3.05) is 5.73 Å². The lowest BCUT2D eigenvalue weighted by Crippen LogP contribution is -1.89. The molecular formula is C10H11BrN4S. The lowest BCUT2D eigenvalue weighted by Gasteiger charge is -2.08. The van der Waals surface area contributed by atoms with Crippen molar-refractivity contribution in [3.63, 3.8) is 0 Å². The zero-order chi connectivity index (χ0) is 11.5. The summed E-state index contributed by atoms with van der Waals surface area (Å²) in [7, 11) is 0. The topological polar surface area (TPSA) is 67.6 Å². The van der Waals surface area contributed by atoms with Gasteiger partial charge in [-0.15, -0.1) is 5.10 Å². The quantitative estimate of drug-likeness (QED) is 0.855. The van der Waals surface area contributed by atoms with Crippen LogP contribution in [0.2, 0.25) is 0 Å². The van der Waals surface area contributed by atoms with Crippen LogP contribution in [0, 0.1) is 0 Å². The third-order valence-corrected chi connectivity index (χ3v) is 3.59. The van der Waals surface area contributed by atoms with Gasteiger partial charge in [0.15, 0.2) is 0 Å². The van der Waals surface area contributed by atoms with Crippen molar-refractivity contribution in [2.24, 2.45) is 0 Å². The molecule has 2 aromatic rings. The molecule has 4 nitrogen and oxygen atoms in total. The summed E-state index contributed by atoms with van der Waals surface area (Å²) in [5.74, 6) is 0.351. The molecule has 0 aliphatic rings. The van der Waals surface area contributed by atoms with Gasteiger partial charge in [0.25, 0.3) is 0 Å². The van der Waals surface area contributed by atoms with Crippen LogP contribution in [-0.4, -0.2) is 15.2 Å². The zero-order valence-corrected chi connectivity index (χ0v) is 11.0. The minimum absolute atomic E-state index is 0.285. The summed E-state index contributed by atoms with van der Waals surface area (Å²) in [5, 5.41) is 7.57. The Labute approximate surface area is 106 Å². The first-order valence-electron chi connectivity index (χ1n) is 4.75. The number of anilines is 1. The van der Waals surface area contributed by atoms with E-state index in [4.69, 9.17) is 5.73 Å². The molecule has 84 valence electrons. The molecule has 0 spiro atoms. The second kappa shape index (κ2) is 4.88. The highest BCUT2D eigenvalue weighted by molar-refractivity contribution is 9.10. The SMILES string of the molecule is CC(Sc1n[nH]c(N)n1)c1cccc(Br)c1. The second-order valence-corrected chi connectivity index (χ2v) is 5.54. The lowest BCUT2D eigenvalue weighted by molar-refractivity contribution is 0.960. The molecule has 0 bridgehead atoms. The van der Waals surface area contributed by atoms with Gasteiger partial charge in [0.1, 0.15) is 0 Å². The average Bonchev–Trinajstić information content (AvgIpc) is 2.64. The number of benzene rings is 1. The van der Waals surface area contributed by atoms with Gasteiger partial charge in [-0.2, -0.15) is 4.98 Å². The van der Waals surface area contributed by atoms with Crippen LogP contribution in [0.25, 0.3) is 0 Å². The van der Waals surface area contributed by atoms with Gasteiger partial charge >= 0.3 is 0 Å². The fourth-order valence-electron chi connectivity index (χ4n) is 1.30. The molecule has 0 fully saturated rings. The maximum atomic E-state index is 5.47. The van der Waals surface area contributed by atoms with Gasteiger partial charge in [0.2, 0.25) is 11.1 Å². The summed E-state index contributed by atoms with van der Waals surface area (Å²) in [6, 6.07) is 8.20. The second-order valence-electron chi connectivity index (χ2n) is 3.32. The number of thioether (sulfide) groups is 1. The largest absolute Gasteiger partial charge is 0.368 e. The zero-order valence-electron chi connectivity index (χ0n) is 8.64.